The Labute approximate surface area is 173 Å². The van der Waals surface area contributed by atoms with Crippen molar-refractivity contribution in [3.05, 3.63) is 63.2 Å². The quantitative estimate of drug-likeness (QED) is 0.477. The number of fused-ring (bicyclic) bond motifs is 1. The summed E-state index contributed by atoms with van der Waals surface area (Å²) in [7, 11) is 4.11. The predicted octanol–water partition coefficient (Wildman–Crippen LogP) is 3.00. The number of nitrogens with one attached hydrogen (secondary N) is 1. The van der Waals surface area contributed by atoms with Gasteiger partial charge in [0.15, 0.2) is 5.13 Å². The molecule has 0 saturated carbocycles. The smallest absolute Gasteiger partial charge is 0.282 e. The summed E-state index contributed by atoms with van der Waals surface area (Å²) in [5, 5.41) is 12.0. The Morgan fingerprint density at radius 2 is 1.90 bits per heavy atom. The van der Waals surface area contributed by atoms with Crippen LogP contribution >= 0.6 is 11.3 Å². The van der Waals surface area contributed by atoms with Gasteiger partial charge in [-0.1, -0.05) is 23.5 Å². The molecule has 1 aromatic heterocycles. The van der Waals surface area contributed by atoms with Crippen LogP contribution in [0.4, 0.5) is 10.8 Å². The fraction of sp³-hybridized carbons (Fsp3) is 0.333. The topological polar surface area (TPSA) is 80.8 Å². The fourth-order valence-electron chi connectivity index (χ4n) is 3.12. The summed E-state index contributed by atoms with van der Waals surface area (Å²) in [5.41, 5.74) is 3.05. The normalized spacial score (nSPS) is 11.2. The summed E-state index contributed by atoms with van der Waals surface area (Å²) in [6, 6.07) is 10.2. The van der Waals surface area contributed by atoms with E-state index in [1.807, 2.05) is 19.9 Å². The molecule has 8 heteroatoms. The van der Waals surface area contributed by atoms with E-state index in [0.29, 0.717) is 11.7 Å². The van der Waals surface area contributed by atoms with Gasteiger partial charge in [0.25, 0.3) is 11.6 Å². The number of quaternary nitrogens is 1. The van der Waals surface area contributed by atoms with Gasteiger partial charge in [0.1, 0.15) is 5.56 Å². The summed E-state index contributed by atoms with van der Waals surface area (Å²) in [5.74, 6) is -0.390. The molecule has 3 aromatic rings. The Bertz CT molecular complexity index is 1020. The number of nitro groups is 1. The van der Waals surface area contributed by atoms with Gasteiger partial charge >= 0.3 is 0 Å². The van der Waals surface area contributed by atoms with Crippen molar-refractivity contribution in [3.63, 3.8) is 0 Å². The first-order chi connectivity index (χ1) is 13.8. The lowest BCUT2D eigenvalue weighted by atomic mass is 10.1. The number of benzene rings is 2. The second kappa shape index (κ2) is 8.67. The van der Waals surface area contributed by atoms with Crippen LogP contribution in [0.25, 0.3) is 10.2 Å². The Hall–Kier alpha value is -2.84. The van der Waals surface area contributed by atoms with Crippen LogP contribution in [-0.2, 0) is 0 Å². The molecule has 1 N–H and O–H groups in total. The summed E-state index contributed by atoms with van der Waals surface area (Å²) < 4.78 is 1.00. The third kappa shape index (κ3) is 4.60. The minimum atomic E-state index is -0.513. The Morgan fingerprint density at radius 1 is 1.21 bits per heavy atom. The number of hydrogen-bond donors (Lipinski definition) is 1. The molecule has 0 aliphatic heterocycles. The number of para-hydroxylation sites is 1. The van der Waals surface area contributed by atoms with E-state index in [0.717, 1.165) is 28.7 Å². The van der Waals surface area contributed by atoms with E-state index in [2.05, 4.69) is 25.1 Å². The number of thiazole rings is 1. The number of carbonyl (C=O) groups excluding carboxylic acids is 1. The van der Waals surface area contributed by atoms with E-state index in [1.54, 1.807) is 17.0 Å². The predicted molar refractivity (Wildman–Crippen MR) is 116 cm³/mol. The molecule has 1 amide bonds. The third-order valence-electron chi connectivity index (χ3n) is 4.86. The van der Waals surface area contributed by atoms with E-state index in [-0.39, 0.29) is 11.3 Å². The SMILES string of the molecule is Cc1cc2nc(N(CCC[NH+](C)C)C(=O)c3ccccc3[N+](=O)[O-])sc2cc1C. The van der Waals surface area contributed by atoms with E-state index in [9.17, 15) is 14.9 Å². The highest BCUT2D eigenvalue weighted by Crippen LogP contribution is 2.32. The lowest BCUT2D eigenvalue weighted by molar-refractivity contribution is -0.858. The zero-order chi connectivity index (χ0) is 21.1. The van der Waals surface area contributed by atoms with Crippen molar-refractivity contribution in [3.8, 4) is 0 Å². The molecule has 0 fully saturated rings. The number of amides is 1. The third-order valence-corrected chi connectivity index (χ3v) is 5.90. The average molecular weight is 414 g/mol. The van der Waals surface area contributed by atoms with E-state index in [4.69, 9.17) is 0 Å². The second-order valence-corrected chi connectivity index (χ2v) is 8.45. The Balaban J connectivity index is 2.03. The first kappa shape index (κ1) is 20.9. The average Bonchev–Trinajstić information content (AvgIpc) is 3.07. The van der Waals surface area contributed by atoms with Crippen molar-refractivity contribution in [2.24, 2.45) is 0 Å². The fourth-order valence-corrected chi connectivity index (χ4v) is 4.19. The van der Waals surface area contributed by atoms with Crippen molar-refractivity contribution in [1.82, 2.24) is 4.98 Å². The first-order valence-corrected chi connectivity index (χ1v) is 10.3. The largest absolute Gasteiger partial charge is 0.340 e. The van der Waals surface area contributed by atoms with Gasteiger partial charge in [0.2, 0.25) is 0 Å². The Kier molecular flexibility index (Phi) is 6.24. The van der Waals surface area contributed by atoms with Crippen molar-refractivity contribution in [1.29, 1.82) is 0 Å². The second-order valence-electron chi connectivity index (χ2n) is 7.44. The molecule has 152 valence electrons. The molecule has 0 unspecified atom stereocenters. The van der Waals surface area contributed by atoms with Gasteiger partial charge in [-0.2, -0.15) is 0 Å². The highest BCUT2D eigenvalue weighted by atomic mass is 32.1. The number of carbonyl (C=O) groups is 1. The van der Waals surface area contributed by atoms with E-state index in [1.165, 1.54) is 33.9 Å². The summed E-state index contributed by atoms with van der Waals surface area (Å²) >= 11 is 1.44. The number of aryl methyl sites for hydroxylation is 2. The number of nitro benzene ring substituents is 1. The maximum atomic E-state index is 13.3. The summed E-state index contributed by atoms with van der Waals surface area (Å²) in [6.07, 6.45) is 0.767. The van der Waals surface area contributed by atoms with Crippen LogP contribution in [0.1, 0.15) is 27.9 Å². The van der Waals surface area contributed by atoms with Crippen LogP contribution in [0.5, 0.6) is 0 Å². The molecular formula is C21H25N4O3S+. The molecule has 0 spiro atoms. The maximum absolute atomic E-state index is 13.3. The van der Waals surface area contributed by atoms with Gasteiger partial charge < -0.3 is 4.90 Å². The van der Waals surface area contributed by atoms with E-state index >= 15 is 0 Å². The molecular weight excluding hydrogens is 388 g/mol. The number of hydrogen-bond acceptors (Lipinski definition) is 5. The first-order valence-electron chi connectivity index (χ1n) is 9.50. The number of aromatic nitrogens is 1. The van der Waals surface area contributed by atoms with Crippen LogP contribution in [0.3, 0.4) is 0 Å². The molecule has 0 atom stereocenters. The maximum Gasteiger partial charge on any atom is 0.282 e. The minimum Gasteiger partial charge on any atom is -0.340 e. The monoisotopic (exact) mass is 413 g/mol. The van der Waals surface area contributed by atoms with Crippen LogP contribution in [0, 0.1) is 24.0 Å². The molecule has 1 heterocycles. The molecule has 0 aliphatic rings. The Morgan fingerprint density at radius 3 is 2.59 bits per heavy atom. The van der Waals surface area contributed by atoms with Gasteiger partial charge in [0.05, 0.1) is 35.8 Å². The van der Waals surface area contributed by atoms with Gasteiger partial charge in [-0.3, -0.25) is 19.8 Å². The van der Waals surface area contributed by atoms with Gasteiger partial charge in [-0.25, -0.2) is 4.98 Å². The molecule has 3 rings (SSSR count). The molecule has 0 saturated heterocycles. The van der Waals surface area contributed by atoms with Crippen molar-refractivity contribution < 1.29 is 14.6 Å². The summed E-state index contributed by atoms with van der Waals surface area (Å²) in [6.45, 7) is 5.41. The van der Waals surface area contributed by atoms with Gasteiger partial charge in [-0.05, 0) is 43.2 Å². The molecule has 0 aliphatic carbocycles. The standard InChI is InChI=1S/C21H24N4O3S/c1-14-12-17-19(13-15(14)2)29-21(22-17)24(11-7-10-23(3)4)20(26)16-8-5-6-9-18(16)25(27)28/h5-6,8-9,12-13H,7,10-11H2,1-4H3/p+1. The highest BCUT2D eigenvalue weighted by Gasteiger charge is 2.27. The lowest BCUT2D eigenvalue weighted by Gasteiger charge is -2.20. The number of rotatable bonds is 7. The zero-order valence-electron chi connectivity index (χ0n) is 17.1. The molecule has 0 radical (unpaired) electrons. The number of anilines is 1. The van der Waals surface area contributed by atoms with Crippen LogP contribution in [0.2, 0.25) is 0 Å². The molecule has 29 heavy (non-hydrogen) atoms. The molecule has 0 bridgehead atoms. The minimum absolute atomic E-state index is 0.0846. The summed E-state index contributed by atoms with van der Waals surface area (Å²) in [4.78, 5) is 31.8. The lowest BCUT2D eigenvalue weighted by Crippen LogP contribution is -3.05. The van der Waals surface area contributed by atoms with Gasteiger partial charge in [0, 0.05) is 19.0 Å². The van der Waals surface area contributed by atoms with Crippen LogP contribution in [0.15, 0.2) is 36.4 Å². The number of nitrogens with zero attached hydrogens (tertiary/aromatic N) is 3. The molecule has 2 aromatic carbocycles. The van der Waals surface area contributed by atoms with Crippen LogP contribution in [-0.4, -0.2) is 43.0 Å². The highest BCUT2D eigenvalue weighted by molar-refractivity contribution is 7.22. The van der Waals surface area contributed by atoms with Crippen molar-refractivity contribution in [2.45, 2.75) is 20.3 Å². The van der Waals surface area contributed by atoms with E-state index < -0.39 is 10.8 Å². The van der Waals surface area contributed by atoms with Crippen molar-refractivity contribution >= 4 is 38.3 Å². The van der Waals surface area contributed by atoms with Gasteiger partial charge in [-0.15, -0.1) is 0 Å². The van der Waals surface area contributed by atoms with Crippen molar-refractivity contribution in [2.75, 3.05) is 32.1 Å². The molecule has 7 nitrogen and oxygen atoms in total. The van der Waals surface area contributed by atoms with Crippen LogP contribution < -0.4 is 9.80 Å². The zero-order valence-corrected chi connectivity index (χ0v) is 17.9.